The molecule has 0 radical (unpaired) electrons. The first kappa shape index (κ1) is 29.8. The fourth-order valence-corrected chi connectivity index (χ4v) is 4.96. The normalized spacial score (nSPS) is 15.7. The maximum atomic E-state index is 4.96. The second kappa shape index (κ2) is 13.9. The molecule has 2 aromatic rings. The number of pyridine rings is 1. The van der Waals surface area contributed by atoms with Crippen LogP contribution in [0.25, 0.3) is 11.3 Å². The minimum absolute atomic E-state index is 0.548. The molecule has 0 bridgehead atoms. The molecule has 0 spiro atoms. The van der Waals surface area contributed by atoms with Gasteiger partial charge in [0, 0.05) is 48.0 Å². The summed E-state index contributed by atoms with van der Waals surface area (Å²) in [5.74, 6) is 1.34. The molecule has 208 valence electrons. The number of nitrogens with one attached hydrogen (secondary N) is 2. The van der Waals surface area contributed by atoms with Gasteiger partial charge in [-0.3, -0.25) is 5.43 Å². The molecule has 39 heavy (non-hydrogen) atoms. The Balaban J connectivity index is 1.75. The van der Waals surface area contributed by atoms with Crippen molar-refractivity contribution in [2.45, 2.75) is 60.8 Å². The van der Waals surface area contributed by atoms with E-state index in [4.69, 9.17) is 4.98 Å². The Bertz CT molecular complexity index is 1250. The summed E-state index contributed by atoms with van der Waals surface area (Å²) in [7, 11) is 0. The zero-order chi connectivity index (χ0) is 28.5. The van der Waals surface area contributed by atoms with Crippen LogP contribution in [-0.2, 0) is 6.42 Å². The van der Waals surface area contributed by atoms with Gasteiger partial charge in [-0.25, -0.2) is 9.99 Å². The van der Waals surface area contributed by atoms with Gasteiger partial charge in [-0.05, 0) is 88.6 Å². The summed E-state index contributed by atoms with van der Waals surface area (Å²) >= 11 is 0. The van der Waals surface area contributed by atoms with Crippen LogP contribution in [0.15, 0.2) is 96.6 Å². The molecule has 0 saturated carbocycles. The summed E-state index contributed by atoms with van der Waals surface area (Å²) in [4.78, 5) is 7.40. The molecule has 1 aromatic heterocycles. The van der Waals surface area contributed by atoms with Crippen molar-refractivity contribution in [3.8, 4) is 11.3 Å². The van der Waals surface area contributed by atoms with Crippen molar-refractivity contribution in [3.63, 3.8) is 0 Å². The fraction of sp³-hybridized carbons (Fsp3) is 0.382. The molecule has 1 atom stereocenters. The maximum absolute atomic E-state index is 4.96. The zero-order valence-corrected chi connectivity index (χ0v) is 24.9. The summed E-state index contributed by atoms with van der Waals surface area (Å²) < 4.78 is 0. The predicted octanol–water partition coefficient (Wildman–Crippen LogP) is 7.66. The summed E-state index contributed by atoms with van der Waals surface area (Å²) in [6.07, 6.45) is 7.76. The first-order valence-electron chi connectivity index (χ1n) is 14.1. The Labute approximate surface area is 236 Å². The number of hydrazine groups is 1. The lowest BCUT2D eigenvalue weighted by Gasteiger charge is -2.26. The van der Waals surface area contributed by atoms with Crippen LogP contribution >= 0.6 is 0 Å². The first-order chi connectivity index (χ1) is 18.6. The van der Waals surface area contributed by atoms with E-state index in [0.29, 0.717) is 5.92 Å². The average molecular weight is 526 g/mol. The van der Waals surface area contributed by atoms with Gasteiger partial charge >= 0.3 is 0 Å². The Morgan fingerprint density at radius 2 is 1.87 bits per heavy atom. The van der Waals surface area contributed by atoms with Crippen molar-refractivity contribution >= 4 is 5.82 Å². The Morgan fingerprint density at radius 3 is 2.54 bits per heavy atom. The molecule has 0 aliphatic carbocycles. The summed E-state index contributed by atoms with van der Waals surface area (Å²) in [6, 6.07) is 12.6. The average Bonchev–Trinajstić information content (AvgIpc) is 3.39. The van der Waals surface area contributed by atoms with Crippen molar-refractivity contribution in [2.24, 2.45) is 5.92 Å². The van der Waals surface area contributed by atoms with Crippen LogP contribution in [0.2, 0.25) is 0 Å². The molecular formula is C34H47N5. The van der Waals surface area contributed by atoms with E-state index in [-0.39, 0.29) is 0 Å². The van der Waals surface area contributed by atoms with Crippen molar-refractivity contribution < 1.29 is 0 Å². The highest BCUT2D eigenvalue weighted by Gasteiger charge is 2.22. The molecule has 1 fully saturated rings. The molecule has 3 rings (SSSR count). The zero-order valence-electron chi connectivity index (χ0n) is 24.9. The number of hydrogen-bond donors (Lipinski definition) is 2. The van der Waals surface area contributed by atoms with Gasteiger partial charge in [0.15, 0.2) is 5.82 Å². The Kier molecular flexibility index (Phi) is 10.6. The van der Waals surface area contributed by atoms with Crippen molar-refractivity contribution in [2.75, 3.05) is 24.6 Å². The van der Waals surface area contributed by atoms with Crippen LogP contribution in [0.1, 0.15) is 58.6 Å². The molecule has 1 aliphatic rings. The van der Waals surface area contributed by atoms with E-state index in [1.54, 1.807) is 0 Å². The highest BCUT2D eigenvalue weighted by atomic mass is 15.5. The highest BCUT2D eigenvalue weighted by molar-refractivity contribution is 5.67. The van der Waals surface area contributed by atoms with Gasteiger partial charge in [0.05, 0.1) is 5.69 Å². The Morgan fingerprint density at radius 1 is 1.13 bits per heavy atom. The molecule has 2 N–H and O–H groups in total. The minimum atomic E-state index is 0.548. The number of anilines is 1. The molecular weight excluding hydrogens is 478 g/mol. The number of nitrogens with zero attached hydrogens (tertiary/aromatic N) is 3. The molecule has 1 unspecified atom stereocenters. The molecule has 5 heteroatoms. The van der Waals surface area contributed by atoms with Crippen molar-refractivity contribution in [3.05, 3.63) is 108 Å². The van der Waals surface area contributed by atoms with E-state index >= 15 is 0 Å². The fourth-order valence-electron chi connectivity index (χ4n) is 4.96. The van der Waals surface area contributed by atoms with E-state index in [0.717, 1.165) is 60.9 Å². The van der Waals surface area contributed by atoms with Gasteiger partial charge in [0.2, 0.25) is 0 Å². The van der Waals surface area contributed by atoms with Gasteiger partial charge < -0.3 is 10.2 Å². The summed E-state index contributed by atoms with van der Waals surface area (Å²) in [6.45, 7) is 27.9. The minimum Gasteiger partial charge on any atom is -0.385 e. The van der Waals surface area contributed by atoms with Crippen molar-refractivity contribution in [1.29, 1.82) is 0 Å². The maximum Gasteiger partial charge on any atom is 0.152 e. The number of rotatable bonds is 13. The lowest BCUT2D eigenvalue weighted by atomic mass is 9.97. The van der Waals surface area contributed by atoms with Gasteiger partial charge in [0.25, 0.3) is 0 Å². The van der Waals surface area contributed by atoms with Crippen LogP contribution < -0.4 is 15.8 Å². The summed E-state index contributed by atoms with van der Waals surface area (Å²) in [5.41, 5.74) is 13.4. The van der Waals surface area contributed by atoms with Crippen LogP contribution in [0.4, 0.5) is 5.82 Å². The summed E-state index contributed by atoms with van der Waals surface area (Å²) in [5, 5.41) is 5.62. The van der Waals surface area contributed by atoms with Crippen LogP contribution in [0, 0.1) is 12.8 Å². The third-order valence-corrected chi connectivity index (χ3v) is 7.42. The third kappa shape index (κ3) is 7.89. The topological polar surface area (TPSA) is 43.4 Å². The van der Waals surface area contributed by atoms with Crippen LogP contribution in [-0.4, -0.2) is 29.5 Å². The number of aromatic nitrogens is 1. The van der Waals surface area contributed by atoms with Gasteiger partial charge in [0.1, 0.15) is 0 Å². The second-order valence-electron chi connectivity index (χ2n) is 10.6. The molecule has 1 aromatic carbocycles. The highest BCUT2D eigenvalue weighted by Crippen LogP contribution is 2.28. The first-order valence-corrected chi connectivity index (χ1v) is 14.1. The third-order valence-electron chi connectivity index (χ3n) is 7.42. The number of allylic oxidation sites excluding steroid dienone is 5. The molecule has 5 nitrogen and oxygen atoms in total. The lowest BCUT2D eigenvalue weighted by Crippen LogP contribution is -2.35. The smallest absolute Gasteiger partial charge is 0.152 e. The van der Waals surface area contributed by atoms with E-state index in [9.17, 15) is 0 Å². The molecule has 1 saturated heterocycles. The number of likely N-dealkylation sites (tertiary alicyclic amines) is 1. The van der Waals surface area contributed by atoms with E-state index in [2.05, 4.69) is 99.5 Å². The van der Waals surface area contributed by atoms with Gasteiger partial charge in [-0.2, -0.15) is 0 Å². The van der Waals surface area contributed by atoms with E-state index < -0.39 is 0 Å². The Hall–Kier alpha value is -3.73. The lowest BCUT2D eigenvalue weighted by molar-refractivity contribution is 0.406. The molecule has 0 amide bonds. The monoisotopic (exact) mass is 525 g/mol. The quantitative estimate of drug-likeness (QED) is 0.208. The molecule has 2 heterocycles. The predicted molar refractivity (Wildman–Crippen MR) is 168 cm³/mol. The van der Waals surface area contributed by atoms with Gasteiger partial charge in [-0.1, -0.05) is 63.1 Å². The van der Waals surface area contributed by atoms with E-state index in [1.807, 2.05) is 31.0 Å². The SMILES string of the molecule is C=C(C)NN(C(=C)C)c1cccc(-c2cccc(CCNC(=C/C3CCN(C(=C)CC)C3)/C(C)=C\C)c2C)n1. The van der Waals surface area contributed by atoms with Crippen molar-refractivity contribution in [1.82, 2.24) is 20.6 Å². The van der Waals surface area contributed by atoms with Crippen LogP contribution in [0.5, 0.6) is 0 Å². The van der Waals surface area contributed by atoms with E-state index in [1.165, 1.54) is 34.5 Å². The molecule has 1 aliphatic heterocycles. The largest absolute Gasteiger partial charge is 0.385 e. The van der Waals surface area contributed by atoms with Gasteiger partial charge in [-0.15, -0.1) is 0 Å². The second-order valence-corrected chi connectivity index (χ2v) is 10.6. The van der Waals surface area contributed by atoms with Crippen LogP contribution in [0.3, 0.4) is 0 Å². The number of hydrogen-bond acceptors (Lipinski definition) is 5. The number of benzene rings is 1. The standard InChI is InChI=1S/C34H47N5/c1-10-26(7)33(22-29-19-21-38(23-29)27(8)11-2)35-20-18-30-14-12-15-31(28(30)9)32-16-13-17-34(36-32)39(25(5)6)37-24(3)4/h10,12-17,22,29,35,37H,3,5,8,11,18-21,23H2,1-2,4,6-7,9H3/b26-10-,33-22+.